The average Bonchev–Trinajstić information content (AvgIpc) is 4.02. The van der Waals surface area contributed by atoms with Crippen LogP contribution in [0, 0.1) is 0 Å². The Labute approximate surface area is 371 Å². The van der Waals surface area contributed by atoms with E-state index in [0.717, 1.165) is 55.8 Å². The van der Waals surface area contributed by atoms with Crippen molar-refractivity contribution in [2.75, 3.05) is 4.90 Å². The van der Waals surface area contributed by atoms with E-state index in [0.29, 0.717) is 0 Å². The van der Waals surface area contributed by atoms with Crippen molar-refractivity contribution >= 4 is 60.8 Å². The van der Waals surface area contributed by atoms with Crippen molar-refractivity contribution in [3.8, 4) is 27.9 Å². The Morgan fingerprint density at radius 1 is 0.391 bits per heavy atom. The van der Waals surface area contributed by atoms with E-state index in [9.17, 15) is 0 Å². The van der Waals surface area contributed by atoms with Gasteiger partial charge in [0.2, 0.25) is 0 Å². The zero-order chi connectivity index (χ0) is 42.2. The summed E-state index contributed by atoms with van der Waals surface area (Å²) in [5.41, 5.74) is 17.8. The maximum absolute atomic E-state index is 6.33. The molecule has 0 N–H and O–H groups in total. The second-order valence-electron chi connectivity index (χ2n) is 16.8. The molecule has 1 aliphatic carbocycles. The summed E-state index contributed by atoms with van der Waals surface area (Å²) in [5, 5.41) is 4.75. The Balaban J connectivity index is 1.07. The minimum atomic E-state index is -0.531. The quantitative estimate of drug-likeness (QED) is 0.160. The lowest BCUT2D eigenvalue weighted by Gasteiger charge is -2.34. The van der Waals surface area contributed by atoms with E-state index < -0.39 is 5.41 Å². The van der Waals surface area contributed by atoms with Crippen LogP contribution in [-0.4, -0.2) is 4.57 Å². The second-order valence-corrected chi connectivity index (χ2v) is 16.8. The summed E-state index contributed by atoms with van der Waals surface area (Å²) < 4.78 is 8.74. The van der Waals surface area contributed by atoms with Crippen LogP contribution in [0.15, 0.2) is 247 Å². The zero-order valence-corrected chi connectivity index (χ0v) is 34.9. The Hall–Kier alpha value is -8.40. The van der Waals surface area contributed by atoms with Crippen LogP contribution < -0.4 is 4.90 Å². The Bertz CT molecular complexity index is 3640. The molecule has 0 spiro atoms. The van der Waals surface area contributed by atoms with E-state index in [4.69, 9.17) is 4.42 Å². The van der Waals surface area contributed by atoms with Gasteiger partial charge in [-0.05, 0) is 99.6 Å². The molecule has 64 heavy (non-hydrogen) atoms. The summed E-state index contributed by atoms with van der Waals surface area (Å²) in [4.78, 5) is 2.47. The van der Waals surface area contributed by atoms with Gasteiger partial charge in [0.05, 0.1) is 22.1 Å². The van der Waals surface area contributed by atoms with Crippen LogP contribution in [-0.2, 0) is 5.41 Å². The number of hydrogen-bond acceptors (Lipinski definition) is 2. The van der Waals surface area contributed by atoms with Gasteiger partial charge in [-0.25, -0.2) is 0 Å². The Morgan fingerprint density at radius 3 is 1.69 bits per heavy atom. The molecule has 0 atom stereocenters. The fourth-order valence-corrected chi connectivity index (χ4v) is 10.9. The normalized spacial score (nSPS) is 12.8. The van der Waals surface area contributed by atoms with E-state index in [2.05, 4.69) is 240 Å². The molecule has 13 rings (SSSR count). The second kappa shape index (κ2) is 14.3. The Morgan fingerprint density at radius 2 is 0.953 bits per heavy atom. The van der Waals surface area contributed by atoms with Gasteiger partial charge in [-0.3, -0.25) is 0 Å². The molecule has 10 aromatic carbocycles. The van der Waals surface area contributed by atoms with Gasteiger partial charge >= 0.3 is 0 Å². The van der Waals surface area contributed by atoms with Gasteiger partial charge in [-0.15, -0.1) is 0 Å². The molecule has 12 aromatic rings. The fourth-order valence-electron chi connectivity index (χ4n) is 10.9. The van der Waals surface area contributed by atoms with E-state index in [1.54, 1.807) is 0 Å². The number of benzene rings is 10. The maximum Gasteiger partial charge on any atom is 0.136 e. The first-order chi connectivity index (χ1) is 31.8. The lowest BCUT2D eigenvalue weighted by molar-refractivity contribution is 0.669. The highest BCUT2D eigenvalue weighted by atomic mass is 16.3. The first kappa shape index (κ1) is 36.3. The number of rotatable bonds is 7. The SMILES string of the molecule is c1ccc(C2(c3ccccc3)c3ccccc3-c3c(N(c4ccc(-c5cccc6oc7ccccc7c56)cc4)c4cccc(-n5c6ccccc6c6ccccc65)c4)cccc32)cc1. The summed E-state index contributed by atoms with van der Waals surface area (Å²) in [6.07, 6.45) is 0. The molecule has 0 aliphatic heterocycles. The molecule has 0 bridgehead atoms. The first-order valence-corrected chi connectivity index (χ1v) is 22.0. The number of fused-ring (bicyclic) bond motifs is 9. The van der Waals surface area contributed by atoms with Gasteiger partial charge in [-0.1, -0.05) is 182 Å². The number of furan rings is 1. The molecule has 0 radical (unpaired) electrons. The van der Waals surface area contributed by atoms with Crippen molar-refractivity contribution in [2.45, 2.75) is 5.41 Å². The van der Waals surface area contributed by atoms with Gasteiger partial charge in [0.25, 0.3) is 0 Å². The smallest absolute Gasteiger partial charge is 0.136 e. The number of anilines is 3. The average molecular weight is 817 g/mol. The minimum absolute atomic E-state index is 0.531. The van der Waals surface area contributed by atoms with Crippen molar-refractivity contribution in [2.24, 2.45) is 0 Å². The van der Waals surface area contributed by atoms with Gasteiger partial charge in [-0.2, -0.15) is 0 Å². The molecule has 2 aromatic heterocycles. The molecule has 3 nitrogen and oxygen atoms in total. The summed E-state index contributed by atoms with van der Waals surface area (Å²) >= 11 is 0. The van der Waals surface area contributed by atoms with Crippen molar-refractivity contribution in [1.82, 2.24) is 4.57 Å². The third kappa shape index (κ3) is 5.28. The van der Waals surface area contributed by atoms with Crippen LogP contribution in [0.4, 0.5) is 17.1 Å². The third-order valence-corrected chi connectivity index (χ3v) is 13.5. The third-order valence-electron chi connectivity index (χ3n) is 13.5. The van der Waals surface area contributed by atoms with Gasteiger partial charge in [0, 0.05) is 44.2 Å². The standard InChI is InChI=1S/C61H40N2O/c1-3-18-42(19-4-1)61(43-20-5-2-6-21-43)52-29-11-7-26-50(52)60-53(61)30-17-33-56(60)62(44-38-36-41(37-39-44)47-28-16-35-58-59(47)51-27-10-14-34-57(51)64-58)45-22-15-23-46(40-45)63-54-31-12-8-24-48(54)49-25-9-13-32-55(49)63/h1-40H. The predicted octanol–water partition coefficient (Wildman–Crippen LogP) is 16.2. The van der Waals surface area contributed by atoms with Crippen LogP contribution >= 0.6 is 0 Å². The molecule has 0 amide bonds. The van der Waals surface area contributed by atoms with Crippen LogP contribution in [0.25, 0.3) is 71.7 Å². The molecule has 3 heteroatoms. The van der Waals surface area contributed by atoms with Crippen molar-refractivity contribution in [3.63, 3.8) is 0 Å². The number of aromatic nitrogens is 1. The molecular formula is C61H40N2O. The minimum Gasteiger partial charge on any atom is -0.456 e. The fraction of sp³-hybridized carbons (Fsp3) is 0.0164. The highest BCUT2D eigenvalue weighted by molar-refractivity contribution is 6.13. The predicted molar refractivity (Wildman–Crippen MR) is 265 cm³/mol. The summed E-state index contributed by atoms with van der Waals surface area (Å²) in [6.45, 7) is 0. The van der Waals surface area contributed by atoms with E-state index >= 15 is 0 Å². The van der Waals surface area contributed by atoms with Gasteiger partial charge < -0.3 is 13.9 Å². The highest BCUT2D eigenvalue weighted by Gasteiger charge is 2.47. The molecule has 1 aliphatic rings. The topological polar surface area (TPSA) is 21.3 Å². The van der Waals surface area contributed by atoms with Crippen LogP contribution in [0.2, 0.25) is 0 Å². The van der Waals surface area contributed by atoms with Crippen LogP contribution in [0.3, 0.4) is 0 Å². The first-order valence-electron chi connectivity index (χ1n) is 22.0. The lowest BCUT2D eigenvalue weighted by atomic mass is 9.68. The van der Waals surface area contributed by atoms with Crippen molar-refractivity contribution in [3.05, 3.63) is 265 Å². The molecule has 0 saturated carbocycles. The largest absolute Gasteiger partial charge is 0.456 e. The summed E-state index contributed by atoms with van der Waals surface area (Å²) in [6, 6.07) is 88.4. The molecule has 0 saturated heterocycles. The Kier molecular flexibility index (Phi) is 8.13. The van der Waals surface area contributed by atoms with Crippen molar-refractivity contribution in [1.29, 1.82) is 0 Å². The molecule has 0 fully saturated rings. The molecular weight excluding hydrogens is 777 g/mol. The van der Waals surface area contributed by atoms with Crippen molar-refractivity contribution < 1.29 is 4.42 Å². The lowest BCUT2D eigenvalue weighted by Crippen LogP contribution is -2.28. The maximum atomic E-state index is 6.33. The van der Waals surface area contributed by atoms with E-state index in [-0.39, 0.29) is 0 Å². The zero-order valence-electron chi connectivity index (χ0n) is 34.9. The van der Waals surface area contributed by atoms with E-state index in [1.165, 1.54) is 55.2 Å². The summed E-state index contributed by atoms with van der Waals surface area (Å²) in [7, 11) is 0. The van der Waals surface area contributed by atoms with E-state index in [1.807, 2.05) is 12.1 Å². The number of hydrogen-bond donors (Lipinski definition) is 0. The van der Waals surface area contributed by atoms with Gasteiger partial charge in [0.15, 0.2) is 0 Å². The van der Waals surface area contributed by atoms with Crippen LogP contribution in [0.5, 0.6) is 0 Å². The molecule has 2 heterocycles. The number of para-hydroxylation sites is 3. The van der Waals surface area contributed by atoms with Crippen LogP contribution in [0.1, 0.15) is 22.3 Å². The highest BCUT2D eigenvalue weighted by Crippen LogP contribution is 2.59. The molecule has 300 valence electrons. The number of nitrogens with zero attached hydrogens (tertiary/aromatic N) is 2. The molecule has 0 unspecified atom stereocenters. The monoisotopic (exact) mass is 816 g/mol. The summed E-state index contributed by atoms with van der Waals surface area (Å²) in [5.74, 6) is 0. The van der Waals surface area contributed by atoms with Gasteiger partial charge in [0.1, 0.15) is 11.2 Å².